The van der Waals surface area contributed by atoms with Crippen LogP contribution in [0.3, 0.4) is 0 Å². The number of esters is 1. The van der Waals surface area contributed by atoms with E-state index in [0.29, 0.717) is 29.7 Å². The molecule has 3 rings (SSSR count). The number of carbonyl (C=O) groups is 1. The first-order valence-electron chi connectivity index (χ1n) is 11.5. The van der Waals surface area contributed by atoms with Gasteiger partial charge in [-0.05, 0) is 68.6 Å². The smallest absolute Gasteiger partial charge is 0.326 e. The first kappa shape index (κ1) is 24.4. The molecule has 1 heterocycles. The molecule has 2 aliphatic rings. The fourth-order valence-electron chi connectivity index (χ4n) is 4.60. The molecule has 0 atom stereocenters. The van der Waals surface area contributed by atoms with E-state index in [0.717, 1.165) is 45.3 Å². The Labute approximate surface area is 188 Å². The minimum atomic E-state index is -0.883. The Morgan fingerprint density at radius 3 is 2.29 bits per heavy atom. The maximum atomic E-state index is 14.1. The van der Waals surface area contributed by atoms with Crippen LogP contribution in [0, 0.1) is 29.4 Å². The number of rotatable bonds is 9. The number of halogens is 3. The molecule has 0 amide bonds. The van der Waals surface area contributed by atoms with Crippen LogP contribution in [0.25, 0.3) is 0 Å². The predicted octanol–water partition coefficient (Wildman–Crippen LogP) is 6.03. The normalized spacial score (nSPS) is 26.6. The van der Waals surface area contributed by atoms with Gasteiger partial charge in [0.1, 0.15) is 5.88 Å². The van der Waals surface area contributed by atoms with Crippen molar-refractivity contribution in [1.82, 2.24) is 0 Å². The molecular weight excluding hydrogens is 426 g/mol. The Balaban J connectivity index is 1.41. The van der Waals surface area contributed by atoms with Gasteiger partial charge in [0.2, 0.25) is 5.75 Å². The van der Waals surface area contributed by atoms with Gasteiger partial charge < -0.3 is 14.2 Å². The monoisotopic (exact) mass is 458 g/mol. The second kappa shape index (κ2) is 12.1. The van der Waals surface area contributed by atoms with Crippen molar-refractivity contribution in [2.75, 3.05) is 19.1 Å². The number of benzene rings is 1. The molecule has 4 nitrogen and oxygen atoms in total. The second-order valence-corrected chi connectivity index (χ2v) is 9.13. The molecule has 1 aromatic carbocycles. The molecule has 1 aromatic rings. The molecule has 1 saturated carbocycles. The van der Waals surface area contributed by atoms with Gasteiger partial charge in [-0.2, -0.15) is 0 Å². The molecule has 0 bridgehead atoms. The fraction of sp³-hybridized carbons (Fsp3) is 0.708. The zero-order valence-electron chi connectivity index (χ0n) is 18.2. The van der Waals surface area contributed by atoms with Crippen LogP contribution >= 0.6 is 11.6 Å². The summed E-state index contributed by atoms with van der Waals surface area (Å²) in [5, 5.41) is 0. The van der Waals surface area contributed by atoms with Gasteiger partial charge in [-0.1, -0.05) is 19.8 Å². The number of unbranched alkanes of at least 4 members (excludes halogenated alkanes) is 1. The van der Waals surface area contributed by atoms with Crippen LogP contribution in [-0.2, 0) is 20.7 Å². The summed E-state index contributed by atoms with van der Waals surface area (Å²) >= 11 is 5.32. The average molecular weight is 459 g/mol. The fourth-order valence-corrected chi connectivity index (χ4v) is 4.66. The zero-order valence-corrected chi connectivity index (χ0v) is 19.0. The summed E-state index contributed by atoms with van der Waals surface area (Å²) in [6, 6.07) is 2.48. The van der Waals surface area contributed by atoms with E-state index >= 15 is 0 Å². The van der Waals surface area contributed by atoms with Crippen molar-refractivity contribution in [3.63, 3.8) is 0 Å². The maximum Gasteiger partial charge on any atom is 0.326 e. The summed E-state index contributed by atoms with van der Waals surface area (Å²) < 4.78 is 44.9. The molecule has 1 aliphatic heterocycles. The average Bonchev–Trinajstić information content (AvgIpc) is 2.79. The SMILES string of the molecule is CCCCC1COC(C2CCC(CCc3cc(F)c(OC(=O)CCl)c(F)c3)CC2)OC1. The van der Waals surface area contributed by atoms with Crippen LogP contribution < -0.4 is 4.74 Å². The molecular formula is C24H33ClF2O4. The molecule has 1 aliphatic carbocycles. The van der Waals surface area contributed by atoms with Crippen molar-refractivity contribution in [3.05, 3.63) is 29.3 Å². The minimum absolute atomic E-state index is 0.0785. The van der Waals surface area contributed by atoms with Gasteiger partial charge in [0.15, 0.2) is 17.9 Å². The quantitative estimate of drug-likeness (QED) is 0.257. The van der Waals surface area contributed by atoms with Gasteiger partial charge in [-0.25, -0.2) is 8.78 Å². The molecule has 0 N–H and O–H groups in total. The van der Waals surface area contributed by atoms with E-state index in [4.69, 9.17) is 21.1 Å². The zero-order chi connectivity index (χ0) is 22.2. The third kappa shape index (κ3) is 7.13. The van der Waals surface area contributed by atoms with E-state index in [-0.39, 0.29) is 6.29 Å². The van der Waals surface area contributed by atoms with Crippen molar-refractivity contribution in [2.24, 2.45) is 17.8 Å². The lowest BCUT2D eigenvalue weighted by atomic mass is 9.79. The highest BCUT2D eigenvalue weighted by Gasteiger charge is 2.32. The molecule has 0 aromatic heterocycles. The van der Waals surface area contributed by atoms with Crippen LogP contribution in [0.2, 0.25) is 0 Å². The van der Waals surface area contributed by atoms with Gasteiger partial charge >= 0.3 is 5.97 Å². The first-order valence-corrected chi connectivity index (χ1v) is 12.0. The topological polar surface area (TPSA) is 44.8 Å². The number of carbonyl (C=O) groups excluding carboxylic acids is 1. The second-order valence-electron chi connectivity index (χ2n) is 8.86. The summed E-state index contributed by atoms with van der Waals surface area (Å²) in [5.41, 5.74) is 0.569. The van der Waals surface area contributed by atoms with E-state index in [1.54, 1.807) is 0 Å². The van der Waals surface area contributed by atoms with Crippen LogP contribution in [0.15, 0.2) is 12.1 Å². The number of hydrogen-bond acceptors (Lipinski definition) is 4. The Morgan fingerprint density at radius 2 is 1.71 bits per heavy atom. The lowest BCUT2D eigenvalue weighted by molar-refractivity contribution is -0.230. The molecule has 0 unspecified atom stereocenters. The maximum absolute atomic E-state index is 14.1. The van der Waals surface area contributed by atoms with Gasteiger partial charge in [-0.15, -0.1) is 11.6 Å². The first-order chi connectivity index (χ1) is 15.0. The number of hydrogen-bond donors (Lipinski definition) is 0. The van der Waals surface area contributed by atoms with Gasteiger partial charge in [0.25, 0.3) is 0 Å². The van der Waals surface area contributed by atoms with E-state index < -0.39 is 29.2 Å². The van der Waals surface area contributed by atoms with E-state index in [1.807, 2.05) is 0 Å². The standard InChI is InChI=1S/C24H33ClF2O4/c1-2-3-4-18-14-29-24(30-15-18)19-9-7-16(8-10-19)5-6-17-11-20(26)23(21(27)12-17)31-22(28)13-25/h11-12,16,18-19,24H,2-10,13-15H2,1H3. The van der Waals surface area contributed by atoms with Crippen molar-refractivity contribution >= 4 is 17.6 Å². The van der Waals surface area contributed by atoms with Crippen LogP contribution in [0.1, 0.15) is 63.9 Å². The Hall–Kier alpha value is -1.24. The summed E-state index contributed by atoms with van der Waals surface area (Å²) in [5.74, 6) is -2.28. The Morgan fingerprint density at radius 1 is 1.06 bits per heavy atom. The van der Waals surface area contributed by atoms with Gasteiger partial charge in [0.05, 0.1) is 13.2 Å². The molecule has 2 fully saturated rings. The van der Waals surface area contributed by atoms with E-state index in [1.165, 1.54) is 31.4 Å². The molecule has 0 spiro atoms. The number of aryl methyl sites for hydroxylation is 1. The summed E-state index contributed by atoms with van der Waals surface area (Å²) in [6.07, 6.45) is 9.25. The highest BCUT2D eigenvalue weighted by molar-refractivity contribution is 6.26. The van der Waals surface area contributed by atoms with Crippen LogP contribution in [-0.4, -0.2) is 31.4 Å². The van der Waals surface area contributed by atoms with Crippen molar-refractivity contribution < 1.29 is 27.8 Å². The summed E-state index contributed by atoms with van der Waals surface area (Å²) in [4.78, 5) is 11.2. The third-order valence-electron chi connectivity index (χ3n) is 6.46. The van der Waals surface area contributed by atoms with E-state index in [9.17, 15) is 13.6 Å². The highest BCUT2D eigenvalue weighted by atomic mass is 35.5. The molecule has 31 heavy (non-hydrogen) atoms. The number of alkyl halides is 1. The van der Waals surface area contributed by atoms with Gasteiger partial charge in [0, 0.05) is 11.8 Å². The van der Waals surface area contributed by atoms with Crippen LogP contribution in [0.4, 0.5) is 8.78 Å². The summed E-state index contributed by atoms with van der Waals surface area (Å²) in [7, 11) is 0. The largest absolute Gasteiger partial charge is 0.419 e. The van der Waals surface area contributed by atoms with Crippen molar-refractivity contribution in [3.8, 4) is 5.75 Å². The summed E-state index contributed by atoms with van der Waals surface area (Å²) in [6.45, 7) is 3.81. The van der Waals surface area contributed by atoms with Crippen molar-refractivity contribution in [2.45, 2.75) is 71.0 Å². The van der Waals surface area contributed by atoms with E-state index in [2.05, 4.69) is 11.7 Å². The van der Waals surface area contributed by atoms with Crippen LogP contribution in [0.5, 0.6) is 5.75 Å². The lowest BCUT2D eigenvalue weighted by Crippen LogP contribution is -2.38. The molecule has 7 heteroatoms. The Bertz CT molecular complexity index is 691. The molecule has 174 valence electrons. The predicted molar refractivity (Wildman–Crippen MR) is 115 cm³/mol. The lowest BCUT2D eigenvalue weighted by Gasteiger charge is -2.37. The molecule has 0 radical (unpaired) electrons. The molecule has 1 saturated heterocycles. The highest BCUT2D eigenvalue weighted by Crippen LogP contribution is 2.36. The third-order valence-corrected chi connectivity index (χ3v) is 6.68. The van der Waals surface area contributed by atoms with Crippen molar-refractivity contribution in [1.29, 1.82) is 0 Å². The Kier molecular flexibility index (Phi) is 9.54. The minimum Gasteiger partial charge on any atom is -0.419 e. The number of ether oxygens (including phenoxy) is 3. The van der Waals surface area contributed by atoms with Gasteiger partial charge in [-0.3, -0.25) is 4.79 Å².